The number of alkyl carbamates (subject to hydrolysis) is 1. The first kappa shape index (κ1) is 14.6. The molecule has 0 bridgehead atoms. The minimum absolute atomic E-state index is 0.319. The zero-order chi connectivity index (χ0) is 11.7. The smallest absolute Gasteiger partial charge is 0.407 e. The Bertz CT molecular complexity index is 175. The van der Waals surface area contributed by atoms with E-state index in [9.17, 15) is 4.79 Å². The Morgan fingerprint density at radius 2 is 2.00 bits per heavy atom. The summed E-state index contributed by atoms with van der Waals surface area (Å²) in [5.74, 6) is 0.445. The van der Waals surface area contributed by atoms with Gasteiger partial charge in [-0.05, 0) is 5.92 Å². The molecule has 0 rings (SSSR count). The number of ether oxygens (including phenoxy) is 1. The monoisotopic (exact) mass is 234 g/mol. The normalized spacial score (nSPS) is 12.6. The van der Waals surface area contributed by atoms with Crippen molar-refractivity contribution in [2.24, 2.45) is 5.92 Å². The van der Waals surface area contributed by atoms with Crippen LogP contribution in [0.25, 0.3) is 0 Å². The van der Waals surface area contributed by atoms with E-state index in [1.807, 2.05) is 20.8 Å². The lowest BCUT2D eigenvalue weighted by Gasteiger charge is -2.09. The average Bonchev–Trinajstić information content (AvgIpc) is 2.13. The molecule has 0 aliphatic heterocycles. The van der Waals surface area contributed by atoms with Crippen molar-refractivity contribution >= 4 is 18.7 Å². The van der Waals surface area contributed by atoms with Gasteiger partial charge in [0.1, 0.15) is 6.61 Å². The summed E-state index contributed by atoms with van der Waals surface area (Å²) in [6.45, 7) is 8.61. The van der Waals surface area contributed by atoms with E-state index in [0.29, 0.717) is 30.9 Å². The summed E-state index contributed by atoms with van der Waals surface area (Å²) in [5, 5.41) is 6.12. The van der Waals surface area contributed by atoms with E-state index in [1.54, 1.807) is 0 Å². The minimum atomic E-state index is -0.343. The molecule has 0 aliphatic carbocycles. The van der Waals surface area contributed by atoms with Crippen LogP contribution in [-0.2, 0) is 4.74 Å². The maximum atomic E-state index is 11.1. The van der Waals surface area contributed by atoms with Crippen LogP contribution in [0.1, 0.15) is 20.8 Å². The van der Waals surface area contributed by atoms with E-state index in [4.69, 9.17) is 4.74 Å². The molecular formula is C10H22N2O2S. The van der Waals surface area contributed by atoms with Crippen molar-refractivity contribution in [2.75, 3.05) is 26.2 Å². The standard InChI is InChI=1S/C10H22N2O2S/c1-8(2)6-12-10(13)14-5-4-11-7-9(3)15/h8-9,11,15H,4-7H2,1-3H3,(H,12,13). The summed E-state index contributed by atoms with van der Waals surface area (Å²) < 4.78 is 4.94. The van der Waals surface area contributed by atoms with Crippen molar-refractivity contribution in [3.05, 3.63) is 0 Å². The number of thiol groups is 1. The highest BCUT2D eigenvalue weighted by atomic mass is 32.1. The van der Waals surface area contributed by atoms with Crippen LogP contribution in [0.3, 0.4) is 0 Å². The number of hydrogen-bond donors (Lipinski definition) is 3. The largest absolute Gasteiger partial charge is 0.448 e. The van der Waals surface area contributed by atoms with Gasteiger partial charge in [0.05, 0.1) is 0 Å². The van der Waals surface area contributed by atoms with Gasteiger partial charge in [-0.2, -0.15) is 12.6 Å². The van der Waals surface area contributed by atoms with Gasteiger partial charge in [-0.3, -0.25) is 0 Å². The van der Waals surface area contributed by atoms with Gasteiger partial charge in [0.2, 0.25) is 0 Å². The van der Waals surface area contributed by atoms with E-state index in [0.717, 1.165) is 6.54 Å². The topological polar surface area (TPSA) is 50.4 Å². The molecule has 5 heteroatoms. The summed E-state index contributed by atoms with van der Waals surface area (Å²) >= 11 is 4.21. The van der Waals surface area contributed by atoms with Crippen LogP contribution in [0.4, 0.5) is 4.79 Å². The Labute approximate surface area is 97.6 Å². The average molecular weight is 234 g/mol. The van der Waals surface area contributed by atoms with Gasteiger partial charge in [0.15, 0.2) is 0 Å². The van der Waals surface area contributed by atoms with Gasteiger partial charge in [0.25, 0.3) is 0 Å². The molecule has 1 unspecified atom stereocenters. The highest BCUT2D eigenvalue weighted by Gasteiger charge is 2.02. The molecule has 1 atom stereocenters. The van der Waals surface area contributed by atoms with Crippen LogP contribution in [0.2, 0.25) is 0 Å². The Morgan fingerprint density at radius 3 is 2.53 bits per heavy atom. The Kier molecular flexibility index (Phi) is 8.61. The molecule has 0 saturated carbocycles. The molecular weight excluding hydrogens is 212 g/mol. The van der Waals surface area contributed by atoms with Crippen molar-refractivity contribution in [2.45, 2.75) is 26.0 Å². The molecule has 15 heavy (non-hydrogen) atoms. The highest BCUT2D eigenvalue weighted by molar-refractivity contribution is 7.80. The number of amides is 1. The molecule has 0 saturated heterocycles. The fraction of sp³-hybridized carbons (Fsp3) is 0.900. The first-order chi connectivity index (χ1) is 7.02. The zero-order valence-electron chi connectivity index (χ0n) is 9.75. The van der Waals surface area contributed by atoms with E-state index in [1.165, 1.54) is 0 Å². The van der Waals surface area contributed by atoms with Crippen molar-refractivity contribution in [3.63, 3.8) is 0 Å². The van der Waals surface area contributed by atoms with Crippen molar-refractivity contribution in [1.82, 2.24) is 10.6 Å². The molecule has 0 heterocycles. The zero-order valence-corrected chi connectivity index (χ0v) is 10.6. The third kappa shape index (κ3) is 11.5. The first-order valence-electron chi connectivity index (χ1n) is 5.31. The summed E-state index contributed by atoms with van der Waals surface area (Å²) in [5.41, 5.74) is 0. The number of carbonyl (C=O) groups excluding carboxylic acids is 1. The minimum Gasteiger partial charge on any atom is -0.448 e. The molecule has 0 radical (unpaired) electrons. The lowest BCUT2D eigenvalue weighted by Crippen LogP contribution is -2.31. The van der Waals surface area contributed by atoms with Gasteiger partial charge in [0, 0.05) is 24.9 Å². The maximum absolute atomic E-state index is 11.1. The van der Waals surface area contributed by atoms with Crippen LogP contribution in [0.5, 0.6) is 0 Å². The molecule has 0 spiro atoms. The van der Waals surface area contributed by atoms with Gasteiger partial charge in [-0.1, -0.05) is 20.8 Å². The van der Waals surface area contributed by atoms with Gasteiger partial charge < -0.3 is 15.4 Å². The SMILES string of the molecule is CC(C)CNC(=O)OCCNCC(C)S. The van der Waals surface area contributed by atoms with Crippen molar-refractivity contribution in [1.29, 1.82) is 0 Å². The molecule has 0 fully saturated rings. The quantitative estimate of drug-likeness (QED) is 0.459. The molecule has 0 aromatic carbocycles. The van der Waals surface area contributed by atoms with Crippen LogP contribution in [-0.4, -0.2) is 37.6 Å². The number of rotatable bonds is 7. The number of nitrogens with one attached hydrogen (secondary N) is 2. The molecule has 2 N–H and O–H groups in total. The molecule has 1 amide bonds. The van der Waals surface area contributed by atoms with Crippen LogP contribution in [0, 0.1) is 5.92 Å². The maximum Gasteiger partial charge on any atom is 0.407 e. The van der Waals surface area contributed by atoms with Gasteiger partial charge in [-0.25, -0.2) is 4.79 Å². The van der Waals surface area contributed by atoms with Crippen molar-refractivity contribution in [3.8, 4) is 0 Å². The van der Waals surface area contributed by atoms with Crippen LogP contribution < -0.4 is 10.6 Å². The summed E-state index contributed by atoms with van der Waals surface area (Å²) in [6, 6.07) is 0. The highest BCUT2D eigenvalue weighted by Crippen LogP contribution is 1.89. The fourth-order valence-corrected chi connectivity index (χ4v) is 0.994. The van der Waals surface area contributed by atoms with Crippen LogP contribution >= 0.6 is 12.6 Å². The second kappa shape index (κ2) is 8.85. The number of hydrogen-bond acceptors (Lipinski definition) is 4. The molecule has 0 aliphatic rings. The second-order valence-corrected chi connectivity index (χ2v) is 4.85. The summed E-state index contributed by atoms with van der Waals surface area (Å²) in [6.07, 6.45) is -0.343. The van der Waals surface area contributed by atoms with Crippen molar-refractivity contribution < 1.29 is 9.53 Å². The van der Waals surface area contributed by atoms with E-state index >= 15 is 0 Å². The molecule has 4 nitrogen and oxygen atoms in total. The van der Waals surface area contributed by atoms with E-state index in [2.05, 4.69) is 23.3 Å². The van der Waals surface area contributed by atoms with E-state index < -0.39 is 0 Å². The predicted molar refractivity (Wildman–Crippen MR) is 65.5 cm³/mol. The lowest BCUT2D eigenvalue weighted by molar-refractivity contribution is 0.145. The Morgan fingerprint density at radius 1 is 1.33 bits per heavy atom. The fourth-order valence-electron chi connectivity index (χ4n) is 0.865. The predicted octanol–water partition coefficient (Wildman–Crippen LogP) is 1.28. The van der Waals surface area contributed by atoms with Gasteiger partial charge >= 0.3 is 6.09 Å². The van der Waals surface area contributed by atoms with Gasteiger partial charge in [-0.15, -0.1) is 0 Å². The molecule has 0 aromatic rings. The summed E-state index contributed by atoms with van der Waals surface area (Å²) in [7, 11) is 0. The number of carbonyl (C=O) groups is 1. The third-order valence-corrected chi connectivity index (χ3v) is 1.79. The molecule has 0 aromatic heterocycles. The first-order valence-corrected chi connectivity index (χ1v) is 5.83. The summed E-state index contributed by atoms with van der Waals surface area (Å²) in [4.78, 5) is 11.1. The molecule has 90 valence electrons. The lowest BCUT2D eigenvalue weighted by atomic mass is 10.2. The third-order valence-electron chi connectivity index (χ3n) is 1.61. The van der Waals surface area contributed by atoms with E-state index in [-0.39, 0.29) is 6.09 Å². The Balaban J connectivity index is 3.24. The second-order valence-electron chi connectivity index (χ2n) is 3.96. The van der Waals surface area contributed by atoms with Crippen LogP contribution in [0.15, 0.2) is 0 Å². The Hall–Kier alpha value is -0.420.